The van der Waals surface area contributed by atoms with Crippen molar-refractivity contribution in [2.24, 2.45) is 11.8 Å². The molecule has 4 aliphatic rings. The van der Waals surface area contributed by atoms with E-state index in [-0.39, 0.29) is 0 Å². The minimum absolute atomic E-state index is 0.451. The Hall–Kier alpha value is -0.570. The summed E-state index contributed by atoms with van der Waals surface area (Å²) in [6.45, 7) is 3.71. The first-order valence-corrected chi connectivity index (χ1v) is 7.88. The van der Waals surface area contributed by atoms with Crippen LogP contribution in [0.1, 0.15) is 44.9 Å². The summed E-state index contributed by atoms with van der Waals surface area (Å²) in [5.74, 6) is 2.02. The first kappa shape index (κ1) is 11.3. The minimum Gasteiger partial charge on any atom is -0.339 e. The van der Waals surface area contributed by atoms with Crippen molar-refractivity contribution in [3.8, 4) is 0 Å². The van der Waals surface area contributed by atoms with Crippen molar-refractivity contribution in [3.63, 3.8) is 0 Å². The van der Waals surface area contributed by atoms with Crippen LogP contribution in [0.5, 0.6) is 0 Å². The number of piperidine rings is 4. The van der Waals surface area contributed by atoms with Crippen molar-refractivity contribution in [2.45, 2.75) is 57.0 Å². The van der Waals surface area contributed by atoms with Crippen LogP contribution in [0.25, 0.3) is 0 Å². The molecule has 0 unspecified atom stereocenters. The molecule has 0 aliphatic carbocycles. The fraction of sp³-hybridized carbons (Fsp3) is 0.933. The Bertz CT molecular complexity index is 354. The van der Waals surface area contributed by atoms with E-state index >= 15 is 0 Å². The summed E-state index contributed by atoms with van der Waals surface area (Å²) in [5, 5.41) is 0. The molecular weight excluding hydrogens is 224 g/mol. The van der Waals surface area contributed by atoms with E-state index in [2.05, 4.69) is 9.80 Å². The lowest BCUT2D eigenvalue weighted by molar-refractivity contribution is -0.150. The zero-order valence-electron chi connectivity index (χ0n) is 11.2. The van der Waals surface area contributed by atoms with Gasteiger partial charge in [-0.15, -0.1) is 0 Å². The van der Waals surface area contributed by atoms with Gasteiger partial charge in [-0.2, -0.15) is 0 Å². The van der Waals surface area contributed by atoms with Crippen LogP contribution in [-0.4, -0.2) is 47.4 Å². The summed E-state index contributed by atoms with van der Waals surface area (Å²) in [5.41, 5.74) is 0. The van der Waals surface area contributed by atoms with Crippen LogP contribution in [0, 0.1) is 11.8 Å². The number of rotatable bonds is 0. The first-order chi connectivity index (χ1) is 8.84. The average Bonchev–Trinajstić information content (AvgIpc) is 2.41. The number of nitrogens with zero attached hydrogens (tertiary/aromatic N) is 2. The van der Waals surface area contributed by atoms with Crippen LogP contribution >= 0.6 is 0 Å². The number of hydrogen-bond acceptors (Lipinski definition) is 2. The van der Waals surface area contributed by atoms with Gasteiger partial charge in [-0.3, -0.25) is 9.69 Å². The van der Waals surface area contributed by atoms with E-state index < -0.39 is 0 Å². The van der Waals surface area contributed by atoms with Gasteiger partial charge in [0.25, 0.3) is 0 Å². The molecule has 0 aromatic carbocycles. The van der Waals surface area contributed by atoms with Crippen molar-refractivity contribution < 1.29 is 4.79 Å². The van der Waals surface area contributed by atoms with E-state index in [1.54, 1.807) is 0 Å². The predicted octanol–water partition coefficient (Wildman–Crippen LogP) is 1.87. The summed E-state index contributed by atoms with van der Waals surface area (Å²) in [4.78, 5) is 17.2. The van der Waals surface area contributed by atoms with Gasteiger partial charge in [0.05, 0.1) is 0 Å². The third kappa shape index (κ3) is 1.56. The average molecular weight is 248 g/mol. The molecule has 4 rings (SSSR count). The standard InChI is InChI=1S/C15H24N2O/c18-14-7-1-6-13-12-5-3-9-16-8-2-4-11(15(12)16)10-17(13)14/h11-13,15H,1-10H2/t11-,12-,13-,15-/m1/s1. The molecule has 0 N–H and O–H groups in total. The Labute approximate surface area is 110 Å². The molecule has 1 amide bonds. The van der Waals surface area contributed by atoms with Crippen molar-refractivity contribution >= 4 is 5.91 Å². The molecule has 4 aliphatic heterocycles. The normalized spacial score (nSPS) is 44.4. The lowest BCUT2D eigenvalue weighted by Crippen LogP contribution is -2.66. The van der Waals surface area contributed by atoms with Crippen LogP contribution in [0.3, 0.4) is 0 Å². The maximum Gasteiger partial charge on any atom is 0.222 e. The van der Waals surface area contributed by atoms with Crippen LogP contribution in [0.15, 0.2) is 0 Å². The van der Waals surface area contributed by atoms with Crippen LogP contribution in [0.4, 0.5) is 0 Å². The maximum atomic E-state index is 12.2. The number of carbonyl (C=O) groups excluding carboxylic acids is 1. The lowest BCUT2D eigenvalue weighted by atomic mass is 9.68. The number of hydrogen-bond donors (Lipinski definition) is 0. The van der Waals surface area contributed by atoms with Crippen molar-refractivity contribution in [2.75, 3.05) is 19.6 Å². The molecule has 0 aromatic rings. The Morgan fingerprint density at radius 1 is 1.00 bits per heavy atom. The highest BCUT2D eigenvalue weighted by atomic mass is 16.2. The van der Waals surface area contributed by atoms with Gasteiger partial charge in [0, 0.05) is 25.0 Å². The highest BCUT2D eigenvalue weighted by molar-refractivity contribution is 5.77. The Balaban J connectivity index is 1.66. The summed E-state index contributed by atoms with van der Waals surface area (Å²) in [6, 6.07) is 1.41. The van der Waals surface area contributed by atoms with Gasteiger partial charge in [0.2, 0.25) is 5.91 Å². The number of amides is 1. The second-order valence-corrected chi connectivity index (χ2v) is 6.74. The molecule has 18 heavy (non-hydrogen) atoms. The van der Waals surface area contributed by atoms with Gasteiger partial charge in [-0.1, -0.05) is 0 Å². The quantitative estimate of drug-likeness (QED) is 0.653. The zero-order valence-corrected chi connectivity index (χ0v) is 11.2. The van der Waals surface area contributed by atoms with Gasteiger partial charge in [0.1, 0.15) is 0 Å². The van der Waals surface area contributed by atoms with E-state index in [9.17, 15) is 4.79 Å². The van der Waals surface area contributed by atoms with Gasteiger partial charge in [0.15, 0.2) is 0 Å². The predicted molar refractivity (Wildman–Crippen MR) is 70.2 cm³/mol. The largest absolute Gasteiger partial charge is 0.339 e. The molecule has 0 radical (unpaired) electrons. The molecule has 4 fully saturated rings. The van der Waals surface area contributed by atoms with Gasteiger partial charge < -0.3 is 4.90 Å². The number of fused-ring (bicyclic) bond motifs is 2. The smallest absolute Gasteiger partial charge is 0.222 e. The van der Waals surface area contributed by atoms with Crippen molar-refractivity contribution in [1.82, 2.24) is 9.80 Å². The summed E-state index contributed by atoms with van der Waals surface area (Å²) < 4.78 is 0. The second kappa shape index (κ2) is 4.22. The van der Waals surface area contributed by atoms with E-state index in [1.165, 1.54) is 45.2 Å². The lowest BCUT2D eigenvalue weighted by Gasteiger charge is -2.58. The highest BCUT2D eigenvalue weighted by Crippen LogP contribution is 2.44. The van der Waals surface area contributed by atoms with Crippen LogP contribution in [-0.2, 0) is 4.79 Å². The Kier molecular flexibility index (Phi) is 2.65. The monoisotopic (exact) mass is 248 g/mol. The Morgan fingerprint density at radius 3 is 2.72 bits per heavy atom. The second-order valence-electron chi connectivity index (χ2n) is 6.74. The van der Waals surface area contributed by atoms with Crippen LogP contribution in [0.2, 0.25) is 0 Å². The fourth-order valence-corrected chi connectivity index (χ4v) is 5.26. The molecule has 3 heteroatoms. The summed E-state index contributed by atoms with van der Waals surface area (Å²) in [6.07, 6.45) is 8.64. The highest BCUT2D eigenvalue weighted by Gasteiger charge is 2.50. The van der Waals surface area contributed by atoms with Crippen molar-refractivity contribution in [1.29, 1.82) is 0 Å². The summed E-state index contributed by atoms with van der Waals surface area (Å²) in [7, 11) is 0. The molecule has 0 saturated carbocycles. The molecule has 0 spiro atoms. The topological polar surface area (TPSA) is 23.6 Å². The van der Waals surface area contributed by atoms with E-state index in [4.69, 9.17) is 0 Å². The molecule has 3 nitrogen and oxygen atoms in total. The molecule has 4 atom stereocenters. The molecule has 4 heterocycles. The number of carbonyl (C=O) groups is 1. The SMILES string of the molecule is O=C1CCC[C@@H]2[C@H]3CCCN4CCC[C@H](CN12)[C@H]34. The minimum atomic E-state index is 0.451. The van der Waals surface area contributed by atoms with Gasteiger partial charge in [-0.25, -0.2) is 0 Å². The molecular formula is C15H24N2O. The van der Waals surface area contributed by atoms with Crippen molar-refractivity contribution in [3.05, 3.63) is 0 Å². The molecule has 4 saturated heterocycles. The van der Waals surface area contributed by atoms with E-state index in [1.807, 2.05) is 0 Å². The fourth-order valence-electron chi connectivity index (χ4n) is 5.26. The third-order valence-corrected chi connectivity index (χ3v) is 5.88. The zero-order chi connectivity index (χ0) is 12.1. The molecule has 100 valence electrons. The van der Waals surface area contributed by atoms with E-state index in [0.717, 1.165) is 37.3 Å². The van der Waals surface area contributed by atoms with E-state index in [0.29, 0.717) is 11.9 Å². The van der Waals surface area contributed by atoms with Gasteiger partial charge >= 0.3 is 0 Å². The molecule has 0 bridgehead atoms. The summed E-state index contributed by atoms with van der Waals surface area (Å²) >= 11 is 0. The van der Waals surface area contributed by atoms with Gasteiger partial charge in [-0.05, 0) is 63.5 Å². The maximum absolute atomic E-state index is 12.2. The third-order valence-electron chi connectivity index (χ3n) is 5.88. The first-order valence-electron chi connectivity index (χ1n) is 7.88. The molecule has 0 aromatic heterocycles. The van der Waals surface area contributed by atoms with Crippen LogP contribution < -0.4 is 0 Å². The Morgan fingerprint density at radius 2 is 1.83 bits per heavy atom.